The summed E-state index contributed by atoms with van der Waals surface area (Å²) in [5.41, 5.74) is 1.17. The summed E-state index contributed by atoms with van der Waals surface area (Å²) in [6.07, 6.45) is 4.60. The summed E-state index contributed by atoms with van der Waals surface area (Å²) in [6.45, 7) is 2.69. The fraction of sp³-hybridized carbons (Fsp3) is 0.438. The molecule has 1 aliphatic rings. The zero-order valence-corrected chi connectivity index (χ0v) is 12.0. The van der Waals surface area contributed by atoms with E-state index in [1.807, 2.05) is 29.8 Å². The molecule has 112 valence electrons. The van der Waals surface area contributed by atoms with Crippen molar-refractivity contribution in [3.05, 3.63) is 36.0 Å². The molecule has 0 spiro atoms. The molecule has 0 radical (unpaired) electrons. The topological polar surface area (TPSA) is 60.7 Å². The van der Waals surface area contributed by atoms with E-state index in [0.29, 0.717) is 5.56 Å². The second-order valence-corrected chi connectivity index (χ2v) is 5.30. The lowest BCUT2D eigenvalue weighted by molar-refractivity contribution is -0.200. The van der Waals surface area contributed by atoms with E-state index < -0.39 is 5.97 Å². The summed E-state index contributed by atoms with van der Waals surface area (Å²) in [4.78, 5) is 11.3. The highest BCUT2D eigenvalue weighted by Gasteiger charge is 2.19. The molecule has 2 heterocycles. The van der Waals surface area contributed by atoms with Crippen molar-refractivity contribution in [3.8, 4) is 0 Å². The number of aromatic nitrogens is 1. The standard InChI is InChI=1S/C16H19NO4/c1-11(21-15-7-2-3-10-20-15)17-9-8-12-13(16(18)19)5-4-6-14(12)17/h4-6,8-9,11,15H,2-3,7,10H2,1H3,(H,18,19). The van der Waals surface area contributed by atoms with Gasteiger partial charge < -0.3 is 19.1 Å². The fourth-order valence-electron chi connectivity index (χ4n) is 2.80. The zero-order valence-electron chi connectivity index (χ0n) is 12.0. The van der Waals surface area contributed by atoms with Gasteiger partial charge in [0.2, 0.25) is 0 Å². The lowest BCUT2D eigenvalue weighted by atomic mass is 10.1. The smallest absolute Gasteiger partial charge is 0.336 e. The van der Waals surface area contributed by atoms with Crippen LogP contribution in [0, 0.1) is 0 Å². The molecule has 0 saturated carbocycles. The van der Waals surface area contributed by atoms with Gasteiger partial charge >= 0.3 is 5.97 Å². The minimum atomic E-state index is -0.914. The maximum Gasteiger partial charge on any atom is 0.336 e. The van der Waals surface area contributed by atoms with Gasteiger partial charge in [-0.2, -0.15) is 0 Å². The average molecular weight is 289 g/mol. The van der Waals surface area contributed by atoms with E-state index in [2.05, 4.69) is 0 Å². The van der Waals surface area contributed by atoms with E-state index in [0.717, 1.165) is 36.8 Å². The van der Waals surface area contributed by atoms with Gasteiger partial charge in [0.05, 0.1) is 11.1 Å². The van der Waals surface area contributed by atoms with Gasteiger partial charge in [-0.25, -0.2) is 4.79 Å². The molecule has 0 amide bonds. The van der Waals surface area contributed by atoms with Crippen LogP contribution in [0.5, 0.6) is 0 Å². The molecule has 1 aromatic carbocycles. The van der Waals surface area contributed by atoms with Crippen LogP contribution < -0.4 is 0 Å². The van der Waals surface area contributed by atoms with Gasteiger partial charge in [-0.05, 0) is 44.4 Å². The lowest BCUT2D eigenvalue weighted by Crippen LogP contribution is -2.25. The van der Waals surface area contributed by atoms with Gasteiger partial charge in [0.15, 0.2) is 6.29 Å². The molecule has 3 rings (SSSR count). The van der Waals surface area contributed by atoms with E-state index in [4.69, 9.17) is 9.47 Å². The number of carboxylic acid groups (broad SMARTS) is 1. The van der Waals surface area contributed by atoms with Crippen LogP contribution in [0.2, 0.25) is 0 Å². The number of nitrogens with zero attached hydrogens (tertiary/aromatic N) is 1. The maximum atomic E-state index is 11.3. The third-order valence-electron chi connectivity index (χ3n) is 3.87. The summed E-state index contributed by atoms with van der Waals surface area (Å²) in [5.74, 6) is -0.914. The minimum Gasteiger partial charge on any atom is -0.478 e. The molecule has 1 fully saturated rings. The Bertz CT molecular complexity index is 643. The van der Waals surface area contributed by atoms with Crippen LogP contribution in [0.4, 0.5) is 0 Å². The first-order chi connectivity index (χ1) is 10.2. The first-order valence-electron chi connectivity index (χ1n) is 7.27. The summed E-state index contributed by atoms with van der Waals surface area (Å²) in [7, 11) is 0. The van der Waals surface area contributed by atoms with E-state index in [1.165, 1.54) is 0 Å². The predicted molar refractivity (Wildman–Crippen MR) is 78.3 cm³/mol. The Morgan fingerprint density at radius 1 is 1.43 bits per heavy atom. The minimum absolute atomic E-state index is 0.172. The maximum absolute atomic E-state index is 11.3. The normalized spacial score (nSPS) is 20.5. The molecule has 1 aromatic heterocycles. The van der Waals surface area contributed by atoms with Crippen molar-refractivity contribution < 1.29 is 19.4 Å². The molecule has 1 saturated heterocycles. The van der Waals surface area contributed by atoms with Crippen LogP contribution in [0.1, 0.15) is 42.8 Å². The molecule has 2 unspecified atom stereocenters. The summed E-state index contributed by atoms with van der Waals surface area (Å²) in [6, 6.07) is 7.10. The van der Waals surface area contributed by atoms with E-state index in [1.54, 1.807) is 12.1 Å². The monoisotopic (exact) mass is 289 g/mol. The van der Waals surface area contributed by atoms with Gasteiger partial charge in [-0.3, -0.25) is 0 Å². The number of hydrogen-bond donors (Lipinski definition) is 1. The van der Waals surface area contributed by atoms with Crippen LogP contribution in [0.3, 0.4) is 0 Å². The molecular formula is C16H19NO4. The Balaban J connectivity index is 1.86. The number of hydrogen-bond acceptors (Lipinski definition) is 3. The fourth-order valence-corrected chi connectivity index (χ4v) is 2.80. The van der Waals surface area contributed by atoms with Crippen molar-refractivity contribution in [1.82, 2.24) is 4.57 Å². The van der Waals surface area contributed by atoms with Crippen LogP contribution in [0.15, 0.2) is 30.5 Å². The van der Waals surface area contributed by atoms with Crippen LogP contribution >= 0.6 is 0 Å². The first kappa shape index (κ1) is 14.1. The average Bonchev–Trinajstić information content (AvgIpc) is 2.92. The second-order valence-electron chi connectivity index (χ2n) is 5.30. The van der Waals surface area contributed by atoms with E-state index >= 15 is 0 Å². The molecule has 5 heteroatoms. The van der Waals surface area contributed by atoms with Crippen molar-refractivity contribution in [2.75, 3.05) is 6.61 Å². The Kier molecular flexibility index (Phi) is 3.94. The molecule has 0 aliphatic carbocycles. The van der Waals surface area contributed by atoms with Crippen LogP contribution in [-0.4, -0.2) is 28.5 Å². The summed E-state index contributed by atoms with van der Waals surface area (Å²) in [5, 5.41) is 9.96. The van der Waals surface area contributed by atoms with Crippen molar-refractivity contribution in [3.63, 3.8) is 0 Å². The van der Waals surface area contributed by atoms with Gasteiger partial charge in [0.25, 0.3) is 0 Å². The Labute approximate surface area is 123 Å². The molecule has 0 bridgehead atoms. The van der Waals surface area contributed by atoms with Crippen molar-refractivity contribution in [2.45, 2.75) is 38.7 Å². The molecule has 21 heavy (non-hydrogen) atoms. The molecular weight excluding hydrogens is 270 g/mol. The van der Waals surface area contributed by atoms with Crippen LogP contribution in [-0.2, 0) is 9.47 Å². The first-order valence-corrected chi connectivity index (χ1v) is 7.27. The number of ether oxygens (including phenoxy) is 2. The zero-order chi connectivity index (χ0) is 14.8. The highest BCUT2D eigenvalue weighted by Crippen LogP contribution is 2.26. The number of aromatic carboxylic acids is 1. The molecule has 1 aliphatic heterocycles. The molecule has 1 N–H and O–H groups in total. The largest absolute Gasteiger partial charge is 0.478 e. The molecule has 2 aromatic rings. The second kappa shape index (κ2) is 5.87. The van der Waals surface area contributed by atoms with Crippen molar-refractivity contribution in [2.24, 2.45) is 0 Å². The number of fused-ring (bicyclic) bond motifs is 1. The summed E-state index contributed by atoms with van der Waals surface area (Å²) >= 11 is 0. The van der Waals surface area contributed by atoms with E-state index in [9.17, 15) is 9.90 Å². The SMILES string of the molecule is CC(OC1CCCCO1)n1ccc2c(C(=O)O)cccc21. The number of rotatable bonds is 4. The number of carboxylic acids is 1. The lowest BCUT2D eigenvalue weighted by Gasteiger charge is -2.27. The Morgan fingerprint density at radius 2 is 2.29 bits per heavy atom. The third-order valence-corrected chi connectivity index (χ3v) is 3.87. The van der Waals surface area contributed by atoms with Crippen LogP contribution in [0.25, 0.3) is 10.9 Å². The number of benzene rings is 1. The number of carbonyl (C=O) groups is 1. The highest BCUT2D eigenvalue weighted by atomic mass is 16.7. The quantitative estimate of drug-likeness (QED) is 0.937. The van der Waals surface area contributed by atoms with Crippen molar-refractivity contribution >= 4 is 16.9 Å². The summed E-state index contributed by atoms with van der Waals surface area (Å²) < 4.78 is 13.5. The van der Waals surface area contributed by atoms with Crippen molar-refractivity contribution in [1.29, 1.82) is 0 Å². The van der Waals surface area contributed by atoms with Gasteiger partial charge in [0, 0.05) is 18.2 Å². The highest BCUT2D eigenvalue weighted by molar-refractivity contribution is 6.02. The Hall–Kier alpha value is -1.85. The van der Waals surface area contributed by atoms with Gasteiger partial charge in [-0.1, -0.05) is 6.07 Å². The molecule has 2 atom stereocenters. The Morgan fingerprint density at radius 3 is 3.00 bits per heavy atom. The molecule has 5 nitrogen and oxygen atoms in total. The van der Waals surface area contributed by atoms with E-state index in [-0.39, 0.29) is 12.5 Å². The third kappa shape index (κ3) is 2.80. The van der Waals surface area contributed by atoms with Gasteiger partial charge in [-0.15, -0.1) is 0 Å². The predicted octanol–water partition coefficient (Wildman–Crippen LogP) is 3.40. The van der Waals surface area contributed by atoms with Gasteiger partial charge in [0.1, 0.15) is 6.23 Å².